The van der Waals surface area contributed by atoms with E-state index in [2.05, 4.69) is 34.1 Å². The number of rotatable bonds is 6. The minimum Gasteiger partial charge on any atom is -0.293 e. The van der Waals surface area contributed by atoms with Crippen molar-refractivity contribution in [3.8, 4) is 11.3 Å². The van der Waals surface area contributed by atoms with Crippen LogP contribution in [0.5, 0.6) is 0 Å². The maximum absolute atomic E-state index is 12.6. The maximum Gasteiger partial charge on any atom is 0.279 e. The zero-order valence-corrected chi connectivity index (χ0v) is 17.7. The summed E-state index contributed by atoms with van der Waals surface area (Å²) in [4.78, 5) is 27.7. The molecule has 4 aromatic rings. The van der Waals surface area contributed by atoms with Crippen LogP contribution in [0.15, 0.2) is 58.5 Å². The van der Waals surface area contributed by atoms with E-state index in [1.165, 1.54) is 21.8 Å². The SMILES string of the molecule is Cc1ccc(-c2nn3c(SCC(=O)c4ccc(C(C)C)cc4)nnc3[nH]c2=O)cc1. The van der Waals surface area contributed by atoms with Crippen LogP contribution in [-0.4, -0.2) is 36.3 Å². The Balaban J connectivity index is 1.57. The van der Waals surface area contributed by atoms with Crippen molar-refractivity contribution in [3.63, 3.8) is 0 Å². The first-order valence-corrected chi connectivity index (χ1v) is 10.6. The number of aromatic nitrogens is 5. The molecule has 2 aromatic heterocycles. The van der Waals surface area contributed by atoms with Gasteiger partial charge in [0, 0.05) is 11.1 Å². The normalized spacial score (nSPS) is 11.3. The van der Waals surface area contributed by atoms with Crippen LogP contribution in [0.1, 0.15) is 41.3 Å². The molecule has 0 aliphatic carbocycles. The number of ketones is 1. The summed E-state index contributed by atoms with van der Waals surface area (Å²) >= 11 is 1.24. The number of benzene rings is 2. The van der Waals surface area contributed by atoms with Crippen LogP contribution >= 0.6 is 11.8 Å². The molecule has 0 bridgehead atoms. The van der Waals surface area contributed by atoms with Crippen molar-refractivity contribution in [3.05, 3.63) is 75.6 Å². The Kier molecular flexibility index (Phi) is 5.50. The lowest BCUT2D eigenvalue weighted by Gasteiger charge is -2.06. The van der Waals surface area contributed by atoms with Gasteiger partial charge >= 0.3 is 0 Å². The monoisotopic (exact) mass is 419 g/mol. The number of thioether (sulfide) groups is 1. The Morgan fingerprint density at radius 1 is 1.07 bits per heavy atom. The second-order valence-corrected chi connectivity index (χ2v) is 8.32. The van der Waals surface area contributed by atoms with Gasteiger partial charge < -0.3 is 0 Å². The summed E-state index contributed by atoms with van der Waals surface area (Å²) in [6, 6.07) is 15.2. The number of Topliss-reactive ketones (excluding diaryl/α,β-unsaturated/α-hetero) is 1. The van der Waals surface area contributed by atoms with E-state index in [4.69, 9.17) is 0 Å². The van der Waals surface area contributed by atoms with Crippen molar-refractivity contribution >= 4 is 23.3 Å². The molecule has 0 fully saturated rings. The number of nitrogens with one attached hydrogen (secondary N) is 1. The van der Waals surface area contributed by atoms with Gasteiger partial charge in [-0.1, -0.05) is 79.7 Å². The average Bonchev–Trinajstić information content (AvgIpc) is 3.13. The summed E-state index contributed by atoms with van der Waals surface area (Å²) in [6.07, 6.45) is 0. The van der Waals surface area contributed by atoms with Crippen LogP contribution in [0.2, 0.25) is 0 Å². The number of aryl methyl sites for hydroxylation is 1. The van der Waals surface area contributed by atoms with Crippen LogP contribution in [0.3, 0.4) is 0 Å². The van der Waals surface area contributed by atoms with E-state index in [-0.39, 0.29) is 28.6 Å². The fourth-order valence-corrected chi connectivity index (χ4v) is 3.77. The minimum absolute atomic E-state index is 0.00441. The molecule has 0 unspecified atom stereocenters. The van der Waals surface area contributed by atoms with E-state index in [9.17, 15) is 9.59 Å². The van der Waals surface area contributed by atoms with Gasteiger partial charge in [0.2, 0.25) is 5.16 Å². The molecule has 4 rings (SSSR count). The highest BCUT2D eigenvalue weighted by atomic mass is 32.2. The van der Waals surface area contributed by atoms with Crippen molar-refractivity contribution in [1.82, 2.24) is 24.8 Å². The lowest BCUT2D eigenvalue weighted by Crippen LogP contribution is -2.15. The molecule has 0 aliphatic heterocycles. The summed E-state index contributed by atoms with van der Waals surface area (Å²) in [6.45, 7) is 6.21. The molecule has 0 saturated carbocycles. The third kappa shape index (κ3) is 4.04. The minimum atomic E-state index is -0.336. The molecular weight excluding hydrogens is 398 g/mol. The Morgan fingerprint density at radius 3 is 2.43 bits per heavy atom. The predicted molar refractivity (Wildman–Crippen MR) is 117 cm³/mol. The molecule has 152 valence electrons. The summed E-state index contributed by atoms with van der Waals surface area (Å²) in [7, 11) is 0. The van der Waals surface area contributed by atoms with Crippen molar-refractivity contribution in [2.45, 2.75) is 31.8 Å². The molecule has 0 amide bonds. The standard InChI is InChI=1S/C22H21N5O2S/c1-13(2)15-8-10-16(11-9-15)18(28)12-30-22-25-24-21-23-20(29)19(26-27(21)22)17-6-4-14(3)5-7-17/h4-11,13H,12H2,1-3H3,(H,23,24,29). The van der Waals surface area contributed by atoms with Crippen LogP contribution in [-0.2, 0) is 0 Å². The smallest absolute Gasteiger partial charge is 0.279 e. The number of hydrogen-bond donors (Lipinski definition) is 1. The Hall–Kier alpha value is -3.26. The third-order valence-electron chi connectivity index (χ3n) is 4.81. The molecule has 2 heterocycles. The first-order valence-electron chi connectivity index (χ1n) is 9.61. The lowest BCUT2D eigenvalue weighted by molar-refractivity contribution is 0.102. The topological polar surface area (TPSA) is 93.0 Å². The maximum atomic E-state index is 12.6. The van der Waals surface area contributed by atoms with E-state index in [0.717, 1.165) is 5.56 Å². The molecule has 1 N–H and O–H groups in total. The highest BCUT2D eigenvalue weighted by molar-refractivity contribution is 7.99. The van der Waals surface area contributed by atoms with Crippen LogP contribution < -0.4 is 5.56 Å². The number of fused-ring (bicyclic) bond motifs is 1. The van der Waals surface area contributed by atoms with Gasteiger partial charge in [0.15, 0.2) is 11.5 Å². The second kappa shape index (κ2) is 8.23. The van der Waals surface area contributed by atoms with Gasteiger partial charge in [0.1, 0.15) is 0 Å². The highest BCUT2D eigenvalue weighted by Gasteiger charge is 2.15. The molecule has 0 saturated heterocycles. The summed E-state index contributed by atoms with van der Waals surface area (Å²) in [5.41, 5.74) is 3.59. The number of carbonyl (C=O) groups excluding carboxylic acids is 1. The quantitative estimate of drug-likeness (QED) is 0.376. The first kappa shape index (κ1) is 20.0. The van der Waals surface area contributed by atoms with Gasteiger partial charge in [-0.2, -0.15) is 9.61 Å². The van der Waals surface area contributed by atoms with Gasteiger partial charge in [-0.3, -0.25) is 14.6 Å². The van der Waals surface area contributed by atoms with Gasteiger partial charge in [0.05, 0.1) is 5.75 Å². The molecular formula is C22H21N5O2S. The molecule has 0 aliphatic rings. The predicted octanol–water partition coefficient (Wildman–Crippen LogP) is 3.89. The van der Waals surface area contributed by atoms with Crippen molar-refractivity contribution in [2.75, 3.05) is 5.75 Å². The van der Waals surface area contributed by atoms with Crippen molar-refractivity contribution < 1.29 is 4.79 Å². The fraction of sp³-hybridized carbons (Fsp3) is 0.227. The number of H-pyrrole nitrogens is 1. The van der Waals surface area contributed by atoms with Crippen LogP contribution in [0.25, 0.3) is 17.0 Å². The van der Waals surface area contributed by atoms with Crippen LogP contribution in [0, 0.1) is 6.92 Å². The van der Waals surface area contributed by atoms with E-state index >= 15 is 0 Å². The van der Waals surface area contributed by atoms with Gasteiger partial charge in [-0.25, -0.2) is 0 Å². The molecule has 0 atom stereocenters. The number of aromatic amines is 1. The van der Waals surface area contributed by atoms with E-state index in [1.807, 2.05) is 55.5 Å². The van der Waals surface area contributed by atoms with Crippen molar-refractivity contribution in [1.29, 1.82) is 0 Å². The van der Waals surface area contributed by atoms with Crippen molar-refractivity contribution in [2.24, 2.45) is 0 Å². The lowest BCUT2D eigenvalue weighted by atomic mass is 10.0. The molecule has 30 heavy (non-hydrogen) atoms. The number of carbonyl (C=O) groups is 1. The highest BCUT2D eigenvalue weighted by Crippen LogP contribution is 2.20. The Labute approximate surface area is 177 Å². The molecule has 0 radical (unpaired) electrons. The average molecular weight is 420 g/mol. The van der Waals surface area contributed by atoms with Gasteiger partial charge in [-0.15, -0.1) is 10.2 Å². The first-order chi connectivity index (χ1) is 14.4. The number of hydrogen-bond acceptors (Lipinski definition) is 6. The largest absolute Gasteiger partial charge is 0.293 e. The summed E-state index contributed by atoms with van der Waals surface area (Å²) < 4.78 is 1.47. The zero-order valence-electron chi connectivity index (χ0n) is 16.9. The summed E-state index contributed by atoms with van der Waals surface area (Å²) in [5.74, 6) is 0.854. The fourth-order valence-electron chi connectivity index (χ4n) is 3.00. The number of nitrogens with zero attached hydrogens (tertiary/aromatic N) is 4. The van der Waals surface area contributed by atoms with Gasteiger partial charge in [0.25, 0.3) is 11.3 Å². The summed E-state index contributed by atoms with van der Waals surface area (Å²) in [5, 5.41) is 12.9. The van der Waals surface area contributed by atoms with E-state index in [1.54, 1.807) is 0 Å². The Morgan fingerprint density at radius 2 is 1.77 bits per heavy atom. The van der Waals surface area contributed by atoms with E-state index in [0.29, 0.717) is 22.2 Å². The van der Waals surface area contributed by atoms with Crippen LogP contribution in [0.4, 0.5) is 0 Å². The second-order valence-electron chi connectivity index (χ2n) is 7.38. The molecule has 7 nitrogen and oxygen atoms in total. The molecule has 0 spiro atoms. The third-order valence-corrected chi connectivity index (χ3v) is 5.73. The van der Waals surface area contributed by atoms with Gasteiger partial charge in [-0.05, 0) is 18.4 Å². The molecule has 2 aromatic carbocycles. The van der Waals surface area contributed by atoms with E-state index < -0.39 is 0 Å². The Bertz CT molecular complexity index is 1260. The molecule has 8 heteroatoms. The zero-order chi connectivity index (χ0) is 21.3.